The van der Waals surface area contributed by atoms with Gasteiger partial charge in [0.25, 0.3) is 0 Å². The monoisotopic (exact) mass is 264 g/mol. The molecule has 98 valence electrons. The van der Waals surface area contributed by atoms with E-state index in [9.17, 15) is 4.79 Å². The summed E-state index contributed by atoms with van der Waals surface area (Å²) < 4.78 is 0. The summed E-state index contributed by atoms with van der Waals surface area (Å²) in [7, 11) is 0. The maximum absolute atomic E-state index is 12.0. The van der Waals surface area contributed by atoms with Gasteiger partial charge < -0.3 is 11.1 Å². The highest BCUT2D eigenvalue weighted by Crippen LogP contribution is 2.16. The van der Waals surface area contributed by atoms with E-state index in [1.807, 2.05) is 51.1 Å². The molecule has 18 heavy (non-hydrogen) atoms. The van der Waals surface area contributed by atoms with Gasteiger partial charge in [0.05, 0.1) is 0 Å². The number of benzene rings is 1. The van der Waals surface area contributed by atoms with E-state index >= 15 is 0 Å². The van der Waals surface area contributed by atoms with Crippen molar-refractivity contribution in [2.75, 3.05) is 0 Å². The number of carbonyl (C=O) groups is 1. The van der Waals surface area contributed by atoms with Crippen LogP contribution in [0.5, 0.6) is 0 Å². The Bertz CT molecular complexity index is 417. The molecule has 4 heteroatoms. The Morgan fingerprint density at radius 1 is 1.22 bits per heavy atom. The van der Waals surface area contributed by atoms with Crippen LogP contribution in [0, 0.1) is 11.8 Å². The standard InChI is InChI=1S/C14H20N2OS/c1-9(2)10(3)14(17)16-12(13(15)18)11-7-5-4-6-8-11/h4-10,12H,1-3H3,(H2,15,18)(H,16,17). The Balaban J connectivity index is 2.83. The van der Waals surface area contributed by atoms with E-state index in [0.717, 1.165) is 5.56 Å². The Morgan fingerprint density at radius 3 is 2.22 bits per heavy atom. The van der Waals surface area contributed by atoms with E-state index in [1.165, 1.54) is 0 Å². The van der Waals surface area contributed by atoms with Crippen LogP contribution in [-0.4, -0.2) is 10.9 Å². The van der Waals surface area contributed by atoms with Crippen molar-refractivity contribution in [2.45, 2.75) is 26.8 Å². The van der Waals surface area contributed by atoms with Gasteiger partial charge >= 0.3 is 0 Å². The number of thiocarbonyl (C=S) groups is 1. The number of nitrogens with one attached hydrogen (secondary N) is 1. The van der Waals surface area contributed by atoms with Gasteiger partial charge in [0.15, 0.2) is 0 Å². The minimum Gasteiger partial charge on any atom is -0.391 e. The molecule has 1 amide bonds. The molecule has 1 aromatic rings. The minimum absolute atomic E-state index is 0.0216. The zero-order valence-corrected chi connectivity index (χ0v) is 11.8. The molecule has 0 aliphatic rings. The van der Waals surface area contributed by atoms with Gasteiger partial charge in [-0.05, 0) is 11.5 Å². The summed E-state index contributed by atoms with van der Waals surface area (Å²) in [5, 5.41) is 2.91. The molecule has 0 spiro atoms. The van der Waals surface area contributed by atoms with Crippen LogP contribution in [0.2, 0.25) is 0 Å². The van der Waals surface area contributed by atoms with Crippen LogP contribution < -0.4 is 11.1 Å². The van der Waals surface area contributed by atoms with Crippen molar-refractivity contribution >= 4 is 23.1 Å². The van der Waals surface area contributed by atoms with Crippen molar-refractivity contribution in [1.29, 1.82) is 0 Å². The normalized spacial score (nSPS) is 14.0. The first kappa shape index (κ1) is 14.6. The van der Waals surface area contributed by atoms with E-state index in [4.69, 9.17) is 18.0 Å². The summed E-state index contributed by atoms with van der Waals surface area (Å²) in [5.41, 5.74) is 6.62. The molecule has 1 rings (SSSR count). The van der Waals surface area contributed by atoms with Crippen molar-refractivity contribution in [3.05, 3.63) is 35.9 Å². The van der Waals surface area contributed by atoms with Crippen molar-refractivity contribution in [2.24, 2.45) is 17.6 Å². The SMILES string of the molecule is CC(C)C(C)C(=O)NC(C(N)=S)c1ccccc1. The Morgan fingerprint density at radius 2 is 1.78 bits per heavy atom. The van der Waals surface area contributed by atoms with Gasteiger partial charge in [0, 0.05) is 5.92 Å². The van der Waals surface area contributed by atoms with Crippen LogP contribution in [0.1, 0.15) is 32.4 Å². The third kappa shape index (κ3) is 3.81. The molecule has 0 saturated heterocycles. The first-order valence-corrected chi connectivity index (χ1v) is 6.49. The second-order valence-electron chi connectivity index (χ2n) is 4.79. The van der Waals surface area contributed by atoms with Gasteiger partial charge in [-0.3, -0.25) is 4.79 Å². The van der Waals surface area contributed by atoms with E-state index in [1.54, 1.807) is 0 Å². The smallest absolute Gasteiger partial charge is 0.223 e. The minimum atomic E-state index is -0.394. The molecule has 1 aromatic carbocycles. The number of hydrogen-bond acceptors (Lipinski definition) is 2. The van der Waals surface area contributed by atoms with Crippen LogP contribution >= 0.6 is 12.2 Å². The van der Waals surface area contributed by atoms with Crippen LogP contribution in [0.3, 0.4) is 0 Å². The van der Waals surface area contributed by atoms with E-state index in [-0.39, 0.29) is 22.7 Å². The molecule has 0 saturated carbocycles. The summed E-state index contributed by atoms with van der Waals surface area (Å²) in [6.07, 6.45) is 0. The second-order valence-corrected chi connectivity index (χ2v) is 5.26. The molecule has 3 nitrogen and oxygen atoms in total. The van der Waals surface area contributed by atoms with Crippen LogP contribution in [0.4, 0.5) is 0 Å². The number of nitrogens with two attached hydrogens (primary N) is 1. The van der Waals surface area contributed by atoms with Crippen molar-refractivity contribution in [1.82, 2.24) is 5.32 Å². The lowest BCUT2D eigenvalue weighted by Crippen LogP contribution is -2.40. The Kier molecular flexibility index (Phi) is 5.28. The van der Waals surface area contributed by atoms with Crippen LogP contribution in [0.15, 0.2) is 30.3 Å². The summed E-state index contributed by atoms with van der Waals surface area (Å²) in [6.45, 7) is 5.94. The van der Waals surface area contributed by atoms with Crippen LogP contribution in [-0.2, 0) is 4.79 Å². The lowest BCUT2D eigenvalue weighted by Gasteiger charge is -2.22. The second kappa shape index (κ2) is 6.50. The van der Waals surface area contributed by atoms with Gasteiger partial charge in [-0.15, -0.1) is 0 Å². The molecule has 0 radical (unpaired) electrons. The molecule has 0 fully saturated rings. The Labute approximate surface area is 114 Å². The maximum atomic E-state index is 12.0. The average molecular weight is 264 g/mol. The summed E-state index contributed by atoms with van der Waals surface area (Å²) >= 11 is 5.03. The van der Waals surface area contributed by atoms with E-state index < -0.39 is 6.04 Å². The molecular weight excluding hydrogens is 244 g/mol. The van der Waals surface area contributed by atoms with Gasteiger partial charge in [0.1, 0.15) is 11.0 Å². The molecule has 0 aromatic heterocycles. The van der Waals surface area contributed by atoms with Gasteiger partial charge in [-0.1, -0.05) is 63.3 Å². The first-order chi connectivity index (χ1) is 8.43. The molecule has 0 bridgehead atoms. The molecule has 0 heterocycles. The fourth-order valence-electron chi connectivity index (χ4n) is 1.54. The topological polar surface area (TPSA) is 55.1 Å². The molecule has 0 aliphatic carbocycles. The van der Waals surface area contributed by atoms with Crippen molar-refractivity contribution < 1.29 is 4.79 Å². The molecule has 2 unspecified atom stereocenters. The molecule has 3 N–H and O–H groups in total. The van der Waals surface area contributed by atoms with E-state index in [0.29, 0.717) is 0 Å². The summed E-state index contributed by atoms with van der Waals surface area (Å²) in [6, 6.07) is 9.14. The summed E-state index contributed by atoms with van der Waals surface area (Å²) in [5.74, 6) is 0.199. The van der Waals surface area contributed by atoms with E-state index in [2.05, 4.69) is 5.32 Å². The quantitative estimate of drug-likeness (QED) is 0.803. The lowest BCUT2D eigenvalue weighted by molar-refractivity contribution is -0.126. The van der Waals surface area contributed by atoms with Crippen molar-refractivity contribution in [3.8, 4) is 0 Å². The molecule has 0 aliphatic heterocycles. The number of hydrogen-bond donors (Lipinski definition) is 2. The Hall–Kier alpha value is -1.42. The van der Waals surface area contributed by atoms with Crippen molar-refractivity contribution in [3.63, 3.8) is 0 Å². The predicted octanol–water partition coefficient (Wildman–Crippen LogP) is 2.42. The number of carbonyl (C=O) groups excluding carboxylic acids is 1. The van der Waals surface area contributed by atoms with Gasteiger partial charge in [-0.25, -0.2) is 0 Å². The summed E-state index contributed by atoms with van der Waals surface area (Å²) in [4.78, 5) is 12.3. The van der Waals surface area contributed by atoms with Gasteiger partial charge in [0.2, 0.25) is 5.91 Å². The number of rotatable bonds is 5. The first-order valence-electron chi connectivity index (χ1n) is 6.08. The highest BCUT2D eigenvalue weighted by Gasteiger charge is 2.22. The largest absolute Gasteiger partial charge is 0.391 e. The predicted molar refractivity (Wildman–Crippen MR) is 78.1 cm³/mol. The highest BCUT2D eigenvalue weighted by molar-refractivity contribution is 7.80. The third-order valence-electron chi connectivity index (χ3n) is 3.12. The lowest BCUT2D eigenvalue weighted by atomic mass is 9.96. The zero-order valence-electron chi connectivity index (χ0n) is 11.0. The molecular formula is C14H20N2OS. The fraction of sp³-hybridized carbons (Fsp3) is 0.429. The van der Waals surface area contributed by atoms with Gasteiger partial charge in [-0.2, -0.15) is 0 Å². The highest BCUT2D eigenvalue weighted by atomic mass is 32.1. The molecule has 2 atom stereocenters. The maximum Gasteiger partial charge on any atom is 0.223 e. The number of amides is 1. The third-order valence-corrected chi connectivity index (χ3v) is 3.35. The fourth-order valence-corrected chi connectivity index (χ4v) is 1.74. The van der Waals surface area contributed by atoms with Crippen LogP contribution in [0.25, 0.3) is 0 Å². The average Bonchev–Trinajstić information content (AvgIpc) is 2.35. The zero-order chi connectivity index (χ0) is 13.7.